The topological polar surface area (TPSA) is 106 Å². The van der Waals surface area contributed by atoms with Crippen LogP contribution < -0.4 is 14.8 Å². The lowest BCUT2D eigenvalue weighted by molar-refractivity contribution is 0.102. The summed E-state index contributed by atoms with van der Waals surface area (Å²) in [5.74, 6) is -0.146. The average Bonchev–Trinajstić information content (AvgIpc) is 3.32. The van der Waals surface area contributed by atoms with Crippen molar-refractivity contribution in [2.45, 2.75) is 6.10 Å². The molecule has 0 saturated heterocycles. The van der Waals surface area contributed by atoms with Crippen molar-refractivity contribution in [1.29, 1.82) is 0 Å². The largest absolute Gasteiger partial charge is 0.493 e. The quantitative estimate of drug-likeness (QED) is 0.402. The molecule has 33 heavy (non-hydrogen) atoms. The molecular formula is C23H19FN4O4S. The average molecular weight is 466 g/mol. The number of hydrogen-bond donors (Lipinski definition) is 2. The number of nitrogens with zero attached hydrogens (tertiary/aromatic N) is 3. The molecule has 0 aliphatic carbocycles. The van der Waals surface area contributed by atoms with E-state index in [0.717, 1.165) is 5.56 Å². The van der Waals surface area contributed by atoms with E-state index >= 15 is 0 Å². The van der Waals surface area contributed by atoms with Crippen LogP contribution in [0.3, 0.4) is 0 Å². The molecule has 0 aliphatic heterocycles. The highest BCUT2D eigenvalue weighted by Crippen LogP contribution is 2.33. The van der Waals surface area contributed by atoms with Gasteiger partial charge in [0.2, 0.25) is 5.13 Å². The van der Waals surface area contributed by atoms with Gasteiger partial charge in [-0.3, -0.25) is 15.1 Å². The van der Waals surface area contributed by atoms with Gasteiger partial charge < -0.3 is 14.6 Å². The van der Waals surface area contributed by atoms with E-state index in [1.165, 1.54) is 48.8 Å². The second-order valence-electron chi connectivity index (χ2n) is 6.81. The van der Waals surface area contributed by atoms with Crippen LogP contribution in [0.5, 0.6) is 11.5 Å². The van der Waals surface area contributed by atoms with E-state index in [-0.39, 0.29) is 12.4 Å². The monoisotopic (exact) mass is 466 g/mol. The minimum atomic E-state index is -0.729. The Morgan fingerprint density at radius 1 is 1.09 bits per heavy atom. The molecule has 2 aromatic carbocycles. The van der Waals surface area contributed by atoms with Crippen LogP contribution in [0.2, 0.25) is 0 Å². The summed E-state index contributed by atoms with van der Waals surface area (Å²) in [6.07, 6.45) is 2.58. The number of anilines is 1. The summed E-state index contributed by atoms with van der Waals surface area (Å²) >= 11 is 1.24. The van der Waals surface area contributed by atoms with Crippen molar-refractivity contribution < 1.29 is 23.8 Å². The number of hydrogen-bond acceptors (Lipinski definition) is 8. The van der Waals surface area contributed by atoms with Gasteiger partial charge >= 0.3 is 0 Å². The first-order valence-corrected chi connectivity index (χ1v) is 10.7. The van der Waals surface area contributed by atoms with E-state index in [0.29, 0.717) is 32.8 Å². The van der Waals surface area contributed by atoms with Gasteiger partial charge in [-0.25, -0.2) is 4.39 Å². The van der Waals surface area contributed by atoms with Gasteiger partial charge in [0, 0.05) is 23.5 Å². The molecule has 2 aromatic heterocycles. The Balaban J connectivity index is 1.48. The number of pyridine rings is 1. The lowest BCUT2D eigenvalue weighted by Crippen LogP contribution is -2.14. The number of benzene rings is 2. The van der Waals surface area contributed by atoms with Gasteiger partial charge in [-0.05, 0) is 48.0 Å². The molecule has 0 spiro atoms. The van der Waals surface area contributed by atoms with Crippen LogP contribution in [0, 0.1) is 5.82 Å². The maximum atomic E-state index is 13.2. The van der Waals surface area contributed by atoms with Gasteiger partial charge in [0.25, 0.3) is 5.91 Å². The molecule has 0 aliphatic rings. The van der Waals surface area contributed by atoms with Crippen LogP contribution in [-0.4, -0.2) is 39.9 Å². The Labute approximate surface area is 192 Å². The minimum Gasteiger partial charge on any atom is -0.493 e. The Bertz CT molecular complexity index is 1230. The molecule has 168 valence electrons. The van der Waals surface area contributed by atoms with E-state index in [1.54, 1.807) is 36.7 Å². The zero-order valence-corrected chi connectivity index (χ0v) is 18.3. The maximum Gasteiger partial charge on any atom is 0.257 e. The third-order valence-electron chi connectivity index (χ3n) is 4.68. The van der Waals surface area contributed by atoms with Crippen LogP contribution in [-0.2, 0) is 0 Å². The highest BCUT2D eigenvalue weighted by molar-refractivity contribution is 7.18. The fraction of sp³-hybridized carbons (Fsp3) is 0.130. The van der Waals surface area contributed by atoms with Crippen LogP contribution in [0.4, 0.5) is 9.52 Å². The number of carbonyl (C=O) groups excluding carboxylic acids is 1. The van der Waals surface area contributed by atoms with Crippen molar-refractivity contribution >= 4 is 22.4 Å². The molecule has 0 bridgehead atoms. The van der Waals surface area contributed by atoms with Crippen LogP contribution in [0.1, 0.15) is 22.0 Å². The SMILES string of the molecule is COc1cc(C(=O)Nc2nnc(-c3ccncc3)s2)ccc1OC(CO)c1ccc(F)cc1. The normalized spacial score (nSPS) is 11.6. The molecule has 4 rings (SSSR count). The first-order valence-electron chi connectivity index (χ1n) is 9.83. The molecule has 10 heteroatoms. The fourth-order valence-corrected chi connectivity index (χ4v) is 3.75. The molecule has 0 radical (unpaired) electrons. The Morgan fingerprint density at radius 3 is 2.55 bits per heavy atom. The summed E-state index contributed by atoms with van der Waals surface area (Å²) in [6, 6.07) is 13.9. The van der Waals surface area contributed by atoms with Gasteiger partial charge in [0.05, 0.1) is 13.7 Å². The zero-order valence-electron chi connectivity index (χ0n) is 17.4. The lowest BCUT2D eigenvalue weighted by Gasteiger charge is -2.19. The van der Waals surface area contributed by atoms with Crippen LogP contribution in [0.15, 0.2) is 67.0 Å². The lowest BCUT2D eigenvalue weighted by atomic mass is 10.1. The van der Waals surface area contributed by atoms with Gasteiger partial charge in [0.1, 0.15) is 16.9 Å². The number of methoxy groups -OCH3 is 1. The molecule has 1 unspecified atom stereocenters. The number of rotatable bonds is 8. The third-order valence-corrected chi connectivity index (χ3v) is 5.56. The standard InChI is InChI=1S/C23H19FN4O4S/c1-31-19-12-16(4-7-18(19)32-20(13-29)14-2-5-17(24)6-3-14)21(30)26-23-28-27-22(33-23)15-8-10-25-11-9-15/h2-12,20,29H,13H2,1H3,(H,26,28,30). The van der Waals surface area contributed by atoms with Crippen molar-refractivity contribution in [1.82, 2.24) is 15.2 Å². The van der Waals surface area contributed by atoms with Crippen molar-refractivity contribution in [3.63, 3.8) is 0 Å². The summed E-state index contributed by atoms with van der Waals surface area (Å²) in [4.78, 5) is 16.7. The highest BCUT2D eigenvalue weighted by atomic mass is 32.1. The summed E-state index contributed by atoms with van der Waals surface area (Å²) in [6.45, 7) is -0.326. The Morgan fingerprint density at radius 2 is 1.85 bits per heavy atom. The molecule has 1 amide bonds. The summed E-state index contributed by atoms with van der Waals surface area (Å²) in [5.41, 5.74) is 1.77. The molecule has 2 heterocycles. The predicted molar refractivity (Wildman–Crippen MR) is 121 cm³/mol. The summed E-state index contributed by atoms with van der Waals surface area (Å²) in [5, 5.41) is 21.6. The van der Waals surface area contributed by atoms with Gasteiger partial charge in [-0.1, -0.05) is 23.5 Å². The van der Waals surface area contributed by atoms with Crippen LogP contribution in [0.25, 0.3) is 10.6 Å². The van der Waals surface area contributed by atoms with Gasteiger partial charge in [0.15, 0.2) is 11.5 Å². The highest BCUT2D eigenvalue weighted by Gasteiger charge is 2.18. The number of halogens is 1. The number of nitrogens with one attached hydrogen (secondary N) is 1. The molecule has 0 saturated carbocycles. The summed E-state index contributed by atoms with van der Waals surface area (Å²) < 4.78 is 24.4. The summed E-state index contributed by atoms with van der Waals surface area (Å²) in [7, 11) is 1.45. The fourth-order valence-electron chi connectivity index (χ4n) is 3.00. The first-order chi connectivity index (χ1) is 16.1. The predicted octanol–water partition coefficient (Wildman–Crippen LogP) is 4.11. The third kappa shape index (κ3) is 5.30. The van der Waals surface area contributed by atoms with Crippen molar-refractivity contribution in [3.05, 3.63) is 83.9 Å². The first kappa shape index (κ1) is 22.3. The maximum absolute atomic E-state index is 13.2. The zero-order chi connectivity index (χ0) is 23.2. The molecule has 2 N–H and O–H groups in total. The van der Waals surface area contributed by atoms with E-state index in [9.17, 15) is 14.3 Å². The van der Waals surface area contributed by atoms with Crippen molar-refractivity contribution in [2.75, 3.05) is 19.0 Å². The second kappa shape index (κ2) is 10.2. The van der Waals surface area contributed by atoms with Gasteiger partial charge in [-0.2, -0.15) is 0 Å². The molecule has 0 fully saturated rings. The van der Waals surface area contributed by atoms with Crippen molar-refractivity contribution in [2.24, 2.45) is 0 Å². The molecule has 1 atom stereocenters. The Kier molecular flexibility index (Phi) is 6.86. The second-order valence-corrected chi connectivity index (χ2v) is 7.79. The van der Waals surface area contributed by atoms with E-state index in [4.69, 9.17) is 9.47 Å². The molecule has 8 nitrogen and oxygen atoms in total. The number of aromatic nitrogens is 3. The van der Waals surface area contributed by atoms with E-state index < -0.39 is 12.0 Å². The molecular weight excluding hydrogens is 447 g/mol. The van der Waals surface area contributed by atoms with Crippen molar-refractivity contribution in [3.8, 4) is 22.1 Å². The number of amides is 1. The van der Waals surface area contributed by atoms with E-state index in [2.05, 4.69) is 20.5 Å². The minimum absolute atomic E-state index is 0.304. The molecule has 4 aromatic rings. The Hall–Kier alpha value is -3.89. The van der Waals surface area contributed by atoms with Gasteiger partial charge in [-0.15, -0.1) is 10.2 Å². The number of aliphatic hydroxyl groups excluding tert-OH is 1. The smallest absolute Gasteiger partial charge is 0.257 e. The number of ether oxygens (including phenoxy) is 2. The van der Waals surface area contributed by atoms with E-state index in [1.807, 2.05) is 0 Å². The number of aliphatic hydroxyl groups is 1. The van der Waals surface area contributed by atoms with Crippen LogP contribution >= 0.6 is 11.3 Å². The number of carbonyl (C=O) groups is 1.